The maximum Gasteiger partial charge on any atom is 0.407 e. The van der Waals surface area contributed by atoms with Gasteiger partial charge in [0.05, 0.1) is 0 Å². The molecule has 2 aliphatic rings. The maximum atomic E-state index is 12.2. The van der Waals surface area contributed by atoms with E-state index < -0.39 is 5.60 Å². The number of amides is 2. The van der Waals surface area contributed by atoms with Crippen molar-refractivity contribution in [2.24, 2.45) is 5.92 Å². The van der Waals surface area contributed by atoms with Crippen molar-refractivity contribution < 1.29 is 14.3 Å². The lowest BCUT2D eigenvalue weighted by molar-refractivity contribution is -0.125. The van der Waals surface area contributed by atoms with Crippen molar-refractivity contribution in [2.75, 3.05) is 0 Å². The predicted octanol–water partition coefficient (Wildman–Crippen LogP) is 2.90. The minimum Gasteiger partial charge on any atom is -0.444 e. The zero-order chi connectivity index (χ0) is 16.2. The third-order valence-corrected chi connectivity index (χ3v) is 4.12. The first-order chi connectivity index (χ1) is 10.3. The van der Waals surface area contributed by atoms with Crippen LogP contribution in [-0.2, 0) is 9.53 Å². The molecule has 0 aromatic rings. The first-order valence-corrected chi connectivity index (χ1v) is 8.28. The fourth-order valence-corrected chi connectivity index (χ4v) is 3.08. The Morgan fingerprint density at radius 2 is 1.64 bits per heavy atom. The van der Waals surface area contributed by atoms with Gasteiger partial charge in [-0.1, -0.05) is 12.2 Å². The fourth-order valence-electron chi connectivity index (χ4n) is 3.08. The number of ether oxygens (including phenoxy) is 1. The summed E-state index contributed by atoms with van der Waals surface area (Å²) in [6, 6.07) is 0.234. The summed E-state index contributed by atoms with van der Waals surface area (Å²) in [5.41, 5.74) is -0.484. The Bertz CT molecular complexity index is 432. The molecule has 5 nitrogen and oxygen atoms in total. The van der Waals surface area contributed by atoms with Crippen LogP contribution in [0.4, 0.5) is 4.79 Å². The lowest BCUT2D eigenvalue weighted by Gasteiger charge is -2.31. The molecule has 1 fully saturated rings. The van der Waals surface area contributed by atoms with E-state index in [1.807, 2.05) is 20.8 Å². The van der Waals surface area contributed by atoms with Crippen molar-refractivity contribution in [3.63, 3.8) is 0 Å². The zero-order valence-electron chi connectivity index (χ0n) is 13.9. The number of allylic oxidation sites excluding steroid dienone is 2. The van der Waals surface area contributed by atoms with Gasteiger partial charge in [-0.25, -0.2) is 4.79 Å². The second-order valence-corrected chi connectivity index (χ2v) is 7.36. The number of rotatable bonds is 3. The minimum atomic E-state index is -0.484. The summed E-state index contributed by atoms with van der Waals surface area (Å²) in [6.07, 6.45) is 9.17. The Labute approximate surface area is 132 Å². The van der Waals surface area contributed by atoms with Gasteiger partial charge in [0.25, 0.3) is 0 Å². The van der Waals surface area contributed by atoms with Crippen LogP contribution in [0, 0.1) is 5.92 Å². The molecule has 1 saturated carbocycles. The number of nitrogens with one attached hydrogen (secondary N) is 2. The lowest BCUT2D eigenvalue weighted by Crippen LogP contribution is -2.47. The molecular weight excluding hydrogens is 280 g/mol. The van der Waals surface area contributed by atoms with Crippen molar-refractivity contribution in [1.29, 1.82) is 0 Å². The molecule has 0 aromatic heterocycles. The van der Waals surface area contributed by atoms with E-state index in [9.17, 15) is 9.59 Å². The van der Waals surface area contributed by atoms with Crippen LogP contribution in [0.1, 0.15) is 59.3 Å². The highest BCUT2D eigenvalue weighted by atomic mass is 16.6. The maximum absolute atomic E-state index is 12.2. The molecule has 2 aliphatic carbocycles. The van der Waals surface area contributed by atoms with Gasteiger partial charge in [0.1, 0.15) is 5.60 Å². The molecule has 22 heavy (non-hydrogen) atoms. The van der Waals surface area contributed by atoms with E-state index in [0.717, 1.165) is 38.5 Å². The number of carbonyl (C=O) groups excluding carboxylic acids is 2. The SMILES string of the molecule is CC(C)(C)OC(=O)N[C@H]1CCC[C@H](NC(=O)C2CC=CC2)C1. The van der Waals surface area contributed by atoms with Crippen LogP contribution in [0.25, 0.3) is 0 Å². The Balaban J connectivity index is 1.76. The van der Waals surface area contributed by atoms with Gasteiger partial charge in [-0.05, 0) is 59.3 Å². The molecule has 0 unspecified atom stereocenters. The van der Waals surface area contributed by atoms with Crippen LogP contribution < -0.4 is 10.6 Å². The zero-order valence-corrected chi connectivity index (χ0v) is 13.9. The van der Waals surface area contributed by atoms with E-state index in [1.54, 1.807) is 0 Å². The molecule has 2 atom stereocenters. The molecule has 0 heterocycles. The molecule has 0 saturated heterocycles. The summed E-state index contributed by atoms with van der Waals surface area (Å²) in [7, 11) is 0. The summed E-state index contributed by atoms with van der Waals surface area (Å²) in [6.45, 7) is 5.56. The molecular formula is C17H28N2O3. The lowest BCUT2D eigenvalue weighted by atomic mass is 9.90. The van der Waals surface area contributed by atoms with Crippen LogP contribution >= 0.6 is 0 Å². The highest BCUT2D eigenvalue weighted by Gasteiger charge is 2.28. The predicted molar refractivity (Wildman–Crippen MR) is 85.4 cm³/mol. The van der Waals surface area contributed by atoms with Gasteiger partial charge in [-0.3, -0.25) is 4.79 Å². The van der Waals surface area contributed by atoms with E-state index in [2.05, 4.69) is 22.8 Å². The molecule has 0 bridgehead atoms. The van der Waals surface area contributed by atoms with Crippen LogP contribution in [0.5, 0.6) is 0 Å². The van der Waals surface area contributed by atoms with E-state index in [-0.39, 0.29) is 30.0 Å². The second kappa shape index (κ2) is 7.16. The minimum absolute atomic E-state index is 0.0793. The number of alkyl carbamates (subject to hydrolysis) is 1. The number of hydrogen-bond donors (Lipinski definition) is 2. The van der Waals surface area contributed by atoms with Crippen LogP contribution in [0.15, 0.2) is 12.2 Å². The summed E-state index contributed by atoms with van der Waals surface area (Å²) < 4.78 is 5.29. The highest BCUT2D eigenvalue weighted by Crippen LogP contribution is 2.22. The van der Waals surface area contributed by atoms with E-state index >= 15 is 0 Å². The van der Waals surface area contributed by atoms with E-state index in [0.29, 0.717) is 0 Å². The second-order valence-electron chi connectivity index (χ2n) is 7.36. The molecule has 2 rings (SSSR count). The largest absolute Gasteiger partial charge is 0.444 e. The molecule has 0 aliphatic heterocycles. The quantitative estimate of drug-likeness (QED) is 0.788. The van der Waals surface area contributed by atoms with Gasteiger partial charge in [-0.15, -0.1) is 0 Å². The smallest absolute Gasteiger partial charge is 0.407 e. The van der Waals surface area contributed by atoms with E-state index in [4.69, 9.17) is 4.74 Å². The summed E-state index contributed by atoms with van der Waals surface area (Å²) in [5, 5.41) is 6.06. The van der Waals surface area contributed by atoms with E-state index in [1.165, 1.54) is 0 Å². The Kier molecular flexibility index (Phi) is 5.48. The summed E-state index contributed by atoms with van der Waals surface area (Å²) in [4.78, 5) is 24.0. The Morgan fingerprint density at radius 1 is 1.05 bits per heavy atom. The Hall–Kier alpha value is -1.52. The van der Waals surface area contributed by atoms with Crippen molar-refractivity contribution >= 4 is 12.0 Å². The van der Waals surface area contributed by atoms with Crippen molar-refractivity contribution in [3.05, 3.63) is 12.2 Å². The normalized spacial score (nSPS) is 25.8. The third kappa shape index (κ3) is 5.35. The molecule has 0 aromatic carbocycles. The number of hydrogen-bond acceptors (Lipinski definition) is 3. The third-order valence-electron chi connectivity index (χ3n) is 4.12. The monoisotopic (exact) mass is 308 g/mol. The average molecular weight is 308 g/mol. The van der Waals surface area contributed by atoms with Crippen molar-refractivity contribution in [3.8, 4) is 0 Å². The van der Waals surface area contributed by atoms with Gasteiger partial charge < -0.3 is 15.4 Å². The van der Waals surface area contributed by atoms with Gasteiger partial charge in [0, 0.05) is 18.0 Å². The van der Waals surface area contributed by atoms with Crippen LogP contribution in [0.2, 0.25) is 0 Å². The van der Waals surface area contributed by atoms with Gasteiger partial charge in [0.15, 0.2) is 0 Å². The number of carbonyl (C=O) groups is 2. The summed E-state index contributed by atoms with van der Waals surface area (Å²) in [5.74, 6) is 0.243. The Morgan fingerprint density at radius 3 is 2.23 bits per heavy atom. The highest BCUT2D eigenvalue weighted by molar-refractivity contribution is 5.79. The first kappa shape index (κ1) is 16.8. The van der Waals surface area contributed by atoms with Crippen molar-refractivity contribution in [2.45, 2.75) is 77.0 Å². The summed E-state index contributed by atoms with van der Waals surface area (Å²) >= 11 is 0. The topological polar surface area (TPSA) is 67.4 Å². The van der Waals surface area contributed by atoms with Crippen LogP contribution in [0.3, 0.4) is 0 Å². The van der Waals surface area contributed by atoms with Crippen molar-refractivity contribution in [1.82, 2.24) is 10.6 Å². The fraction of sp³-hybridized carbons (Fsp3) is 0.765. The first-order valence-electron chi connectivity index (χ1n) is 8.28. The molecule has 0 spiro atoms. The molecule has 2 N–H and O–H groups in total. The molecule has 5 heteroatoms. The van der Waals surface area contributed by atoms with Gasteiger partial charge in [-0.2, -0.15) is 0 Å². The standard InChI is InChI=1S/C17H28N2O3/c1-17(2,3)22-16(21)19-14-10-6-9-13(11-14)18-15(20)12-7-4-5-8-12/h4-5,12-14H,6-11H2,1-3H3,(H,18,20)(H,19,21)/t13-,14-/m0/s1. The molecule has 2 amide bonds. The van der Waals surface area contributed by atoms with Gasteiger partial charge in [0.2, 0.25) is 5.91 Å². The van der Waals surface area contributed by atoms with Gasteiger partial charge >= 0.3 is 6.09 Å². The molecule has 0 radical (unpaired) electrons. The van der Waals surface area contributed by atoms with Crippen LogP contribution in [-0.4, -0.2) is 29.7 Å². The molecule has 124 valence electrons. The average Bonchev–Trinajstić information content (AvgIpc) is 2.90.